The molecule has 0 saturated heterocycles. The zero-order valence-corrected chi connectivity index (χ0v) is 17.5. The van der Waals surface area contributed by atoms with E-state index in [2.05, 4.69) is 22.2 Å². The van der Waals surface area contributed by atoms with Crippen molar-refractivity contribution in [3.63, 3.8) is 0 Å². The molecule has 3 rings (SSSR count). The summed E-state index contributed by atoms with van der Waals surface area (Å²) in [6.45, 7) is 2.84. The molecule has 0 amide bonds. The maximum absolute atomic E-state index is 13.2. The van der Waals surface area contributed by atoms with Crippen LogP contribution in [0.1, 0.15) is 63.9 Å². The zero-order valence-electron chi connectivity index (χ0n) is 17.5. The second kappa shape index (κ2) is 10.5. The number of para-hydroxylation sites is 1. The maximum Gasteiger partial charge on any atom is 0.417 e. The summed E-state index contributed by atoms with van der Waals surface area (Å²) < 4.78 is 39.6. The number of hydrogen-bond acceptors (Lipinski definition) is 2. The van der Waals surface area contributed by atoms with E-state index in [1.807, 2.05) is 30.3 Å². The van der Waals surface area contributed by atoms with Gasteiger partial charge in [0.2, 0.25) is 0 Å². The number of rotatable bonds is 11. The first kappa shape index (κ1) is 22.2. The number of aromatic amines is 1. The van der Waals surface area contributed by atoms with E-state index in [1.54, 1.807) is 0 Å². The molecule has 0 aliphatic rings. The third kappa shape index (κ3) is 6.00. The number of alkyl halides is 3. The first-order valence-electron chi connectivity index (χ1n) is 10.9. The quantitative estimate of drug-likeness (QED) is 0.312. The minimum absolute atomic E-state index is 0.416. The van der Waals surface area contributed by atoms with Gasteiger partial charge in [-0.2, -0.15) is 13.2 Å². The van der Waals surface area contributed by atoms with Crippen LogP contribution in [0.2, 0.25) is 0 Å². The van der Waals surface area contributed by atoms with Crippen LogP contribution >= 0.6 is 0 Å². The number of nitrogens with one attached hydrogen (secondary N) is 2. The van der Waals surface area contributed by atoms with Crippen LogP contribution in [-0.2, 0) is 6.18 Å². The number of halogens is 3. The van der Waals surface area contributed by atoms with E-state index >= 15 is 0 Å². The average Bonchev–Trinajstić information content (AvgIpc) is 3.16. The topological polar surface area (TPSA) is 40.7 Å². The maximum atomic E-state index is 13.2. The van der Waals surface area contributed by atoms with Crippen molar-refractivity contribution in [3.05, 3.63) is 48.2 Å². The second-order valence-corrected chi connectivity index (χ2v) is 7.79. The van der Waals surface area contributed by atoms with E-state index in [1.165, 1.54) is 44.6 Å². The normalized spacial score (nSPS) is 11.9. The van der Waals surface area contributed by atoms with Gasteiger partial charge in [0.15, 0.2) is 0 Å². The standard InChI is InChI=1S/C24H30F3N3/c1-2-3-4-5-6-7-8-11-14-28-21-16-19(24(25,26)27)17-29-23(21)22-15-18-12-9-10-13-20(18)30-22/h9-10,12-13,15-17,28,30H,2-8,11,14H2,1H3. The van der Waals surface area contributed by atoms with Gasteiger partial charge >= 0.3 is 6.18 Å². The predicted octanol–water partition coefficient (Wildman–Crippen LogP) is 7.80. The lowest BCUT2D eigenvalue weighted by Gasteiger charge is -2.14. The van der Waals surface area contributed by atoms with E-state index in [0.717, 1.165) is 29.9 Å². The molecular formula is C24H30F3N3. The van der Waals surface area contributed by atoms with Crippen molar-refractivity contribution in [2.45, 2.75) is 64.5 Å². The Morgan fingerprint density at radius 1 is 0.933 bits per heavy atom. The third-order valence-electron chi connectivity index (χ3n) is 5.35. The molecule has 3 aromatic rings. The molecule has 6 heteroatoms. The molecule has 0 bridgehead atoms. The van der Waals surface area contributed by atoms with Crippen LogP contribution in [0.25, 0.3) is 22.3 Å². The summed E-state index contributed by atoms with van der Waals surface area (Å²) >= 11 is 0. The zero-order chi connectivity index (χ0) is 21.4. The molecule has 162 valence electrons. The van der Waals surface area contributed by atoms with Crippen LogP contribution in [0.15, 0.2) is 42.6 Å². The number of unbranched alkanes of at least 4 members (excludes halogenated alkanes) is 7. The van der Waals surface area contributed by atoms with E-state index < -0.39 is 11.7 Å². The van der Waals surface area contributed by atoms with Gasteiger partial charge in [0.1, 0.15) is 5.69 Å². The fourth-order valence-electron chi connectivity index (χ4n) is 3.65. The summed E-state index contributed by atoms with van der Waals surface area (Å²) in [5.41, 5.74) is 1.84. The molecule has 0 unspecified atom stereocenters. The van der Waals surface area contributed by atoms with Gasteiger partial charge in [-0.3, -0.25) is 4.98 Å². The number of benzene rings is 1. The third-order valence-corrected chi connectivity index (χ3v) is 5.35. The Morgan fingerprint density at radius 3 is 2.33 bits per heavy atom. The van der Waals surface area contributed by atoms with Gasteiger partial charge in [-0.15, -0.1) is 0 Å². The molecule has 0 saturated carbocycles. The monoisotopic (exact) mass is 417 g/mol. The number of H-pyrrole nitrogens is 1. The Hall–Kier alpha value is -2.50. The molecule has 3 nitrogen and oxygen atoms in total. The molecule has 1 aromatic carbocycles. The van der Waals surface area contributed by atoms with Crippen LogP contribution in [0.3, 0.4) is 0 Å². The summed E-state index contributed by atoms with van der Waals surface area (Å²) in [4.78, 5) is 7.42. The number of hydrogen-bond donors (Lipinski definition) is 2. The molecule has 2 heterocycles. The van der Waals surface area contributed by atoms with E-state index in [-0.39, 0.29) is 0 Å². The highest BCUT2D eigenvalue weighted by atomic mass is 19.4. The van der Waals surface area contributed by atoms with E-state index in [9.17, 15) is 13.2 Å². The number of anilines is 1. The lowest BCUT2D eigenvalue weighted by atomic mass is 10.1. The van der Waals surface area contributed by atoms with Crippen molar-refractivity contribution in [1.82, 2.24) is 9.97 Å². The van der Waals surface area contributed by atoms with Crippen LogP contribution in [0, 0.1) is 0 Å². The van der Waals surface area contributed by atoms with Crippen molar-refractivity contribution in [2.24, 2.45) is 0 Å². The Morgan fingerprint density at radius 2 is 1.63 bits per heavy atom. The van der Waals surface area contributed by atoms with Gasteiger partial charge in [0, 0.05) is 23.6 Å². The van der Waals surface area contributed by atoms with Crippen LogP contribution in [0.4, 0.5) is 18.9 Å². The molecule has 0 atom stereocenters. The highest BCUT2D eigenvalue weighted by molar-refractivity contribution is 5.87. The number of aromatic nitrogens is 2. The van der Waals surface area contributed by atoms with Crippen molar-refractivity contribution >= 4 is 16.6 Å². The minimum Gasteiger partial charge on any atom is -0.383 e. The van der Waals surface area contributed by atoms with Crippen LogP contribution in [-0.4, -0.2) is 16.5 Å². The molecule has 2 aromatic heterocycles. The van der Waals surface area contributed by atoms with Gasteiger partial charge in [-0.1, -0.05) is 70.1 Å². The minimum atomic E-state index is -4.42. The average molecular weight is 418 g/mol. The summed E-state index contributed by atoms with van der Waals surface area (Å²) in [5.74, 6) is 0. The molecule has 30 heavy (non-hydrogen) atoms. The van der Waals surface area contributed by atoms with Crippen molar-refractivity contribution in [2.75, 3.05) is 11.9 Å². The summed E-state index contributed by atoms with van der Waals surface area (Å²) in [7, 11) is 0. The molecule has 2 N–H and O–H groups in total. The Balaban J connectivity index is 1.66. The van der Waals surface area contributed by atoms with Crippen molar-refractivity contribution in [1.29, 1.82) is 0 Å². The van der Waals surface area contributed by atoms with Crippen LogP contribution < -0.4 is 5.32 Å². The smallest absolute Gasteiger partial charge is 0.383 e. The Kier molecular flexibility index (Phi) is 7.77. The molecule has 0 aliphatic heterocycles. The van der Waals surface area contributed by atoms with Gasteiger partial charge in [0.25, 0.3) is 0 Å². The lowest BCUT2D eigenvalue weighted by molar-refractivity contribution is -0.137. The van der Waals surface area contributed by atoms with Crippen LogP contribution in [0.5, 0.6) is 0 Å². The Labute approximate surface area is 176 Å². The lowest BCUT2D eigenvalue weighted by Crippen LogP contribution is -2.10. The fraction of sp³-hybridized carbons (Fsp3) is 0.458. The van der Waals surface area contributed by atoms with Gasteiger partial charge in [-0.05, 0) is 24.6 Å². The molecular weight excluding hydrogens is 387 g/mol. The van der Waals surface area contributed by atoms with E-state index in [4.69, 9.17) is 0 Å². The summed E-state index contributed by atoms with van der Waals surface area (Å²) in [5, 5.41) is 4.20. The fourth-order valence-corrected chi connectivity index (χ4v) is 3.65. The number of fused-ring (bicyclic) bond motifs is 1. The Bertz CT molecular complexity index is 898. The highest BCUT2D eigenvalue weighted by Gasteiger charge is 2.32. The SMILES string of the molecule is CCCCCCCCCCNc1cc(C(F)(F)F)cnc1-c1cc2ccccc2[nH]1. The van der Waals surface area contributed by atoms with E-state index in [0.29, 0.717) is 23.6 Å². The molecule has 0 spiro atoms. The first-order valence-corrected chi connectivity index (χ1v) is 10.9. The van der Waals surface area contributed by atoms with Gasteiger partial charge < -0.3 is 10.3 Å². The van der Waals surface area contributed by atoms with Crippen molar-refractivity contribution in [3.8, 4) is 11.4 Å². The second-order valence-electron chi connectivity index (χ2n) is 7.79. The summed E-state index contributed by atoms with van der Waals surface area (Å²) in [6.07, 6.45) is 5.98. The van der Waals surface area contributed by atoms with Gasteiger partial charge in [-0.25, -0.2) is 0 Å². The highest BCUT2D eigenvalue weighted by Crippen LogP contribution is 2.35. The molecule has 0 aliphatic carbocycles. The number of pyridine rings is 1. The largest absolute Gasteiger partial charge is 0.417 e. The van der Waals surface area contributed by atoms with Gasteiger partial charge in [0.05, 0.1) is 16.9 Å². The van der Waals surface area contributed by atoms with Crippen molar-refractivity contribution < 1.29 is 13.2 Å². The molecule has 0 radical (unpaired) electrons. The molecule has 0 fully saturated rings. The number of nitrogens with zero attached hydrogens (tertiary/aromatic N) is 1. The summed E-state index contributed by atoms with van der Waals surface area (Å²) in [6, 6.07) is 10.8. The predicted molar refractivity (Wildman–Crippen MR) is 118 cm³/mol. The first-order chi connectivity index (χ1) is 14.5.